The van der Waals surface area contributed by atoms with Crippen LogP contribution in [-0.4, -0.2) is 36.2 Å². The maximum Gasteiger partial charge on any atom is 0.103 e. The second-order valence-corrected chi connectivity index (χ2v) is 5.55. The van der Waals surface area contributed by atoms with Gasteiger partial charge in [-0.15, -0.1) is 0 Å². The Kier molecular flexibility index (Phi) is 4.38. The van der Waals surface area contributed by atoms with Crippen LogP contribution in [0.15, 0.2) is 30.3 Å². The lowest BCUT2D eigenvalue weighted by molar-refractivity contribution is 0.0276. The minimum atomic E-state index is -0.882. The van der Waals surface area contributed by atoms with Crippen molar-refractivity contribution in [2.24, 2.45) is 11.7 Å². The number of nitrogens with zero attached hydrogens (tertiary/aromatic N) is 1. The summed E-state index contributed by atoms with van der Waals surface area (Å²) in [5.41, 5.74) is 5.83. The number of rotatable bonds is 5. The van der Waals surface area contributed by atoms with Crippen LogP contribution in [0.2, 0.25) is 0 Å². The van der Waals surface area contributed by atoms with E-state index in [4.69, 9.17) is 5.73 Å². The van der Waals surface area contributed by atoms with Crippen LogP contribution in [0, 0.1) is 5.92 Å². The Morgan fingerprint density at radius 2 is 2.11 bits per heavy atom. The molecule has 1 aromatic carbocycles. The minimum Gasteiger partial charge on any atom is -0.384 e. The molecule has 0 radical (unpaired) electrons. The zero-order chi connectivity index (χ0) is 13.0. The first kappa shape index (κ1) is 13.5. The smallest absolute Gasteiger partial charge is 0.103 e. The van der Waals surface area contributed by atoms with E-state index in [1.807, 2.05) is 30.3 Å². The number of likely N-dealkylation sites (tertiary alicyclic amines) is 1. The fourth-order valence-corrected chi connectivity index (χ4v) is 2.69. The van der Waals surface area contributed by atoms with Gasteiger partial charge in [0.25, 0.3) is 0 Å². The van der Waals surface area contributed by atoms with E-state index >= 15 is 0 Å². The molecule has 0 aromatic heterocycles. The monoisotopic (exact) mass is 248 g/mol. The topological polar surface area (TPSA) is 49.5 Å². The van der Waals surface area contributed by atoms with Crippen LogP contribution < -0.4 is 5.73 Å². The SMILES string of the molecule is CC1CCN(CCC(O)(CN)c2ccccc2)C1. The molecule has 2 atom stereocenters. The van der Waals surface area contributed by atoms with E-state index in [9.17, 15) is 5.11 Å². The fourth-order valence-electron chi connectivity index (χ4n) is 2.69. The van der Waals surface area contributed by atoms with Crippen LogP contribution in [-0.2, 0) is 5.60 Å². The van der Waals surface area contributed by atoms with Crippen molar-refractivity contribution in [3.8, 4) is 0 Å². The first-order valence-electron chi connectivity index (χ1n) is 6.84. The first-order valence-corrected chi connectivity index (χ1v) is 6.84. The van der Waals surface area contributed by atoms with Crippen molar-refractivity contribution < 1.29 is 5.11 Å². The lowest BCUT2D eigenvalue weighted by Crippen LogP contribution is -2.38. The maximum absolute atomic E-state index is 10.7. The summed E-state index contributed by atoms with van der Waals surface area (Å²) >= 11 is 0. The standard InChI is InChI=1S/C15H24N2O/c1-13-7-9-17(11-13)10-8-15(18,12-16)14-5-3-2-4-6-14/h2-6,13,18H,7-12,16H2,1H3. The van der Waals surface area contributed by atoms with E-state index in [1.54, 1.807) is 0 Å². The third kappa shape index (κ3) is 3.10. The van der Waals surface area contributed by atoms with Gasteiger partial charge < -0.3 is 15.7 Å². The molecule has 100 valence electrons. The average molecular weight is 248 g/mol. The Bertz CT molecular complexity index is 368. The predicted octanol–water partition coefficient (Wildman–Crippen LogP) is 1.56. The quantitative estimate of drug-likeness (QED) is 0.831. The number of nitrogens with two attached hydrogens (primary N) is 1. The normalized spacial score (nSPS) is 24.1. The van der Waals surface area contributed by atoms with Gasteiger partial charge in [0, 0.05) is 19.6 Å². The number of hydrogen-bond acceptors (Lipinski definition) is 3. The summed E-state index contributed by atoms with van der Waals surface area (Å²) in [6.45, 7) is 5.78. The molecule has 1 fully saturated rings. The highest BCUT2D eigenvalue weighted by molar-refractivity contribution is 5.22. The van der Waals surface area contributed by atoms with Gasteiger partial charge in [-0.05, 0) is 30.9 Å². The van der Waals surface area contributed by atoms with E-state index in [-0.39, 0.29) is 6.54 Å². The number of hydrogen-bond donors (Lipinski definition) is 2. The van der Waals surface area contributed by atoms with E-state index in [1.165, 1.54) is 6.42 Å². The lowest BCUT2D eigenvalue weighted by atomic mass is 9.90. The maximum atomic E-state index is 10.7. The summed E-state index contributed by atoms with van der Waals surface area (Å²) in [5, 5.41) is 10.7. The molecule has 3 nitrogen and oxygen atoms in total. The van der Waals surface area contributed by atoms with Crippen LogP contribution in [0.1, 0.15) is 25.3 Å². The second-order valence-electron chi connectivity index (χ2n) is 5.55. The molecule has 0 saturated carbocycles. The van der Waals surface area contributed by atoms with Crippen molar-refractivity contribution in [1.29, 1.82) is 0 Å². The van der Waals surface area contributed by atoms with Gasteiger partial charge >= 0.3 is 0 Å². The van der Waals surface area contributed by atoms with Gasteiger partial charge in [0.05, 0.1) is 0 Å². The van der Waals surface area contributed by atoms with Crippen molar-refractivity contribution in [3.63, 3.8) is 0 Å². The molecule has 0 bridgehead atoms. The number of benzene rings is 1. The molecule has 1 saturated heterocycles. The average Bonchev–Trinajstić information content (AvgIpc) is 2.83. The Morgan fingerprint density at radius 1 is 1.39 bits per heavy atom. The molecule has 0 aliphatic carbocycles. The minimum absolute atomic E-state index is 0.278. The highest BCUT2D eigenvalue weighted by atomic mass is 16.3. The highest BCUT2D eigenvalue weighted by Crippen LogP contribution is 2.25. The molecule has 2 unspecified atom stereocenters. The van der Waals surface area contributed by atoms with E-state index in [0.29, 0.717) is 6.42 Å². The van der Waals surface area contributed by atoms with Gasteiger partial charge in [-0.25, -0.2) is 0 Å². The van der Waals surface area contributed by atoms with Crippen LogP contribution in [0.3, 0.4) is 0 Å². The van der Waals surface area contributed by atoms with E-state index in [0.717, 1.165) is 31.1 Å². The van der Waals surface area contributed by atoms with E-state index in [2.05, 4.69) is 11.8 Å². The summed E-state index contributed by atoms with van der Waals surface area (Å²) < 4.78 is 0. The largest absolute Gasteiger partial charge is 0.384 e. The van der Waals surface area contributed by atoms with Gasteiger partial charge in [-0.3, -0.25) is 0 Å². The summed E-state index contributed by atoms with van der Waals surface area (Å²) in [4.78, 5) is 2.42. The molecule has 3 heteroatoms. The molecule has 1 heterocycles. The van der Waals surface area contributed by atoms with Crippen molar-refractivity contribution >= 4 is 0 Å². The molecule has 2 rings (SSSR count). The zero-order valence-corrected chi connectivity index (χ0v) is 11.2. The Hall–Kier alpha value is -0.900. The summed E-state index contributed by atoms with van der Waals surface area (Å²) in [5.74, 6) is 0.785. The first-order chi connectivity index (χ1) is 8.64. The van der Waals surface area contributed by atoms with Gasteiger partial charge in [-0.1, -0.05) is 37.3 Å². The molecule has 18 heavy (non-hydrogen) atoms. The molecule has 1 aromatic rings. The van der Waals surface area contributed by atoms with Crippen LogP contribution in [0.5, 0.6) is 0 Å². The Balaban J connectivity index is 1.96. The Labute approximate surface area is 110 Å². The molecule has 1 aliphatic rings. The Morgan fingerprint density at radius 3 is 2.67 bits per heavy atom. The third-order valence-electron chi connectivity index (χ3n) is 4.00. The van der Waals surface area contributed by atoms with Crippen LogP contribution in [0.25, 0.3) is 0 Å². The van der Waals surface area contributed by atoms with Crippen molar-refractivity contribution in [3.05, 3.63) is 35.9 Å². The zero-order valence-electron chi connectivity index (χ0n) is 11.2. The summed E-state index contributed by atoms with van der Waals surface area (Å²) in [7, 11) is 0. The van der Waals surface area contributed by atoms with Crippen molar-refractivity contribution in [2.45, 2.75) is 25.4 Å². The van der Waals surface area contributed by atoms with Crippen LogP contribution in [0.4, 0.5) is 0 Å². The molecule has 3 N–H and O–H groups in total. The predicted molar refractivity (Wildman–Crippen MR) is 74.2 cm³/mol. The van der Waals surface area contributed by atoms with E-state index < -0.39 is 5.60 Å². The summed E-state index contributed by atoms with van der Waals surface area (Å²) in [6.07, 6.45) is 1.98. The molecular weight excluding hydrogens is 224 g/mol. The highest BCUT2D eigenvalue weighted by Gasteiger charge is 2.29. The van der Waals surface area contributed by atoms with Gasteiger partial charge in [0.15, 0.2) is 0 Å². The third-order valence-corrected chi connectivity index (χ3v) is 4.00. The fraction of sp³-hybridized carbons (Fsp3) is 0.600. The number of aliphatic hydroxyl groups is 1. The van der Waals surface area contributed by atoms with Gasteiger partial charge in [0.2, 0.25) is 0 Å². The van der Waals surface area contributed by atoms with Gasteiger partial charge in [-0.2, -0.15) is 0 Å². The molecule has 0 spiro atoms. The second kappa shape index (κ2) is 5.83. The lowest BCUT2D eigenvalue weighted by Gasteiger charge is -2.29. The van der Waals surface area contributed by atoms with Crippen molar-refractivity contribution in [1.82, 2.24) is 4.90 Å². The van der Waals surface area contributed by atoms with Crippen molar-refractivity contribution in [2.75, 3.05) is 26.2 Å². The van der Waals surface area contributed by atoms with Gasteiger partial charge in [0.1, 0.15) is 5.60 Å². The molecule has 1 aliphatic heterocycles. The summed E-state index contributed by atoms with van der Waals surface area (Å²) in [6, 6.07) is 9.78. The molecular formula is C15H24N2O. The van der Waals surface area contributed by atoms with Crippen LogP contribution >= 0.6 is 0 Å². The molecule has 0 amide bonds.